The standard InChI is InChI=1S/C16H15N3O2/c1-11-14(6-3-7-15(11)19(20)21)18-10-13-5-2-4-12-8-9-17-16(12)13/h2-9,17-18H,10H2,1H3. The van der Waals surface area contributed by atoms with Gasteiger partial charge >= 0.3 is 0 Å². The highest BCUT2D eigenvalue weighted by Crippen LogP contribution is 2.26. The highest BCUT2D eigenvalue weighted by atomic mass is 16.6. The number of rotatable bonds is 4. The first-order valence-corrected chi connectivity index (χ1v) is 6.69. The molecule has 0 saturated carbocycles. The van der Waals surface area contributed by atoms with Gasteiger partial charge in [-0.3, -0.25) is 10.1 Å². The molecule has 3 rings (SSSR count). The molecular weight excluding hydrogens is 266 g/mol. The van der Waals surface area contributed by atoms with Crippen LogP contribution in [0.15, 0.2) is 48.7 Å². The van der Waals surface area contributed by atoms with E-state index in [2.05, 4.69) is 10.3 Å². The first-order chi connectivity index (χ1) is 10.2. The van der Waals surface area contributed by atoms with Crippen molar-refractivity contribution in [3.05, 3.63) is 69.9 Å². The van der Waals surface area contributed by atoms with Crippen LogP contribution in [0.1, 0.15) is 11.1 Å². The number of fused-ring (bicyclic) bond motifs is 1. The van der Waals surface area contributed by atoms with Crippen LogP contribution in [-0.2, 0) is 6.54 Å². The van der Waals surface area contributed by atoms with Crippen molar-refractivity contribution in [1.29, 1.82) is 0 Å². The van der Waals surface area contributed by atoms with Gasteiger partial charge in [-0.2, -0.15) is 0 Å². The predicted molar refractivity (Wildman–Crippen MR) is 83.5 cm³/mol. The summed E-state index contributed by atoms with van der Waals surface area (Å²) in [5, 5.41) is 15.4. The molecule has 0 unspecified atom stereocenters. The summed E-state index contributed by atoms with van der Waals surface area (Å²) in [5.74, 6) is 0. The zero-order valence-electron chi connectivity index (χ0n) is 11.6. The number of nitro groups is 1. The van der Waals surface area contributed by atoms with Crippen molar-refractivity contribution in [2.75, 3.05) is 5.32 Å². The lowest BCUT2D eigenvalue weighted by molar-refractivity contribution is -0.385. The largest absolute Gasteiger partial charge is 0.380 e. The van der Waals surface area contributed by atoms with E-state index in [1.54, 1.807) is 13.0 Å². The molecule has 5 heteroatoms. The molecule has 0 saturated heterocycles. The van der Waals surface area contributed by atoms with Gasteiger partial charge in [0.15, 0.2) is 0 Å². The Morgan fingerprint density at radius 3 is 2.81 bits per heavy atom. The number of nitro benzene ring substituents is 1. The molecule has 0 radical (unpaired) electrons. The first kappa shape index (κ1) is 13.2. The lowest BCUT2D eigenvalue weighted by Crippen LogP contribution is -2.03. The summed E-state index contributed by atoms with van der Waals surface area (Å²) in [5.41, 5.74) is 3.79. The fraction of sp³-hybridized carbons (Fsp3) is 0.125. The summed E-state index contributed by atoms with van der Waals surface area (Å²) < 4.78 is 0. The van der Waals surface area contributed by atoms with Gasteiger partial charge < -0.3 is 10.3 Å². The molecule has 1 aromatic heterocycles. The molecule has 21 heavy (non-hydrogen) atoms. The van der Waals surface area contributed by atoms with Gasteiger partial charge in [0.1, 0.15) is 0 Å². The van der Waals surface area contributed by atoms with Crippen LogP contribution in [0, 0.1) is 17.0 Å². The van der Waals surface area contributed by atoms with Crippen LogP contribution in [0.2, 0.25) is 0 Å². The molecule has 0 spiro atoms. The summed E-state index contributed by atoms with van der Waals surface area (Å²) in [7, 11) is 0. The molecule has 3 aromatic rings. The number of hydrogen-bond acceptors (Lipinski definition) is 3. The Kier molecular flexibility index (Phi) is 3.31. The van der Waals surface area contributed by atoms with Crippen LogP contribution in [0.25, 0.3) is 10.9 Å². The second-order valence-electron chi connectivity index (χ2n) is 4.92. The molecule has 0 aliphatic rings. The molecule has 2 N–H and O–H groups in total. The van der Waals surface area contributed by atoms with Gasteiger partial charge in [0.2, 0.25) is 0 Å². The lowest BCUT2D eigenvalue weighted by Gasteiger charge is -2.10. The van der Waals surface area contributed by atoms with Crippen LogP contribution in [0.5, 0.6) is 0 Å². The highest BCUT2D eigenvalue weighted by molar-refractivity contribution is 5.82. The third-order valence-electron chi connectivity index (χ3n) is 3.64. The van der Waals surface area contributed by atoms with Crippen LogP contribution in [0.3, 0.4) is 0 Å². The minimum atomic E-state index is -0.355. The van der Waals surface area contributed by atoms with E-state index in [1.807, 2.05) is 36.5 Å². The molecule has 0 fully saturated rings. The van der Waals surface area contributed by atoms with Crippen molar-refractivity contribution in [2.45, 2.75) is 13.5 Å². The summed E-state index contributed by atoms with van der Waals surface area (Å²) in [4.78, 5) is 13.8. The van der Waals surface area contributed by atoms with E-state index in [1.165, 1.54) is 6.07 Å². The van der Waals surface area contributed by atoms with E-state index in [9.17, 15) is 10.1 Å². The minimum absolute atomic E-state index is 0.137. The zero-order valence-corrected chi connectivity index (χ0v) is 11.6. The van der Waals surface area contributed by atoms with Crippen LogP contribution in [0.4, 0.5) is 11.4 Å². The van der Waals surface area contributed by atoms with Crippen molar-refractivity contribution in [3.8, 4) is 0 Å². The van der Waals surface area contributed by atoms with Gasteiger partial charge in [-0.1, -0.05) is 24.3 Å². The van der Waals surface area contributed by atoms with E-state index in [0.29, 0.717) is 12.1 Å². The van der Waals surface area contributed by atoms with Crippen LogP contribution in [-0.4, -0.2) is 9.91 Å². The number of benzene rings is 2. The van der Waals surface area contributed by atoms with E-state index in [-0.39, 0.29) is 10.6 Å². The molecule has 106 valence electrons. The Bertz CT molecular complexity index is 808. The molecular formula is C16H15N3O2. The smallest absolute Gasteiger partial charge is 0.274 e. The van der Waals surface area contributed by atoms with Crippen molar-refractivity contribution >= 4 is 22.3 Å². The first-order valence-electron chi connectivity index (χ1n) is 6.69. The molecule has 0 amide bonds. The summed E-state index contributed by atoms with van der Waals surface area (Å²) in [6.07, 6.45) is 1.91. The minimum Gasteiger partial charge on any atom is -0.380 e. The van der Waals surface area contributed by atoms with Gasteiger partial charge in [0.05, 0.1) is 10.4 Å². The number of H-pyrrole nitrogens is 1. The van der Waals surface area contributed by atoms with Crippen molar-refractivity contribution in [2.24, 2.45) is 0 Å². The molecule has 1 heterocycles. The Balaban J connectivity index is 1.87. The predicted octanol–water partition coefficient (Wildman–Crippen LogP) is 4.00. The number of nitrogens with zero attached hydrogens (tertiary/aromatic N) is 1. The average Bonchev–Trinajstić information content (AvgIpc) is 2.95. The third-order valence-corrected chi connectivity index (χ3v) is 3.64. The SMILES string of the molecule is Cc1c(NCc2cccc3cc[nH]c23)cccc1[N+](=O)[O-]. The maximum Gasteiger partial charge on any atom is 0.274 e. The fourth-order valence-electron chi connectivity index (χ4n) is 2.50. The zero-order chi connectivity index (χ0) is 14.8. The quantitative estimate of drug-likeness (QED) is 0.561. The normalized spacial score (nSPS) is 10.7. The number of aromatic nitrogens is 1. The van der Waals surface area contributed by atoms with Gasteiger partial charge in [0, 0.05) is 30.1 Å². The van der Waals surface area contributed by atoms with Crippen LogP contribution >= 0.6 is 0 Å². The number of hydrogen-bond donors (Lipinski definition) is 2. The Morgan fingerprint density at radius 2 is 2.00 bits per heavy atom. The number of nitrogens with one attached hydrogen (secondary N) is 2. The summed E-state index contributed by atoms with van der Waals surface area (Å²) in [6, 6.07) is 13.2. The second-order valence-corrected chi connectivity index (χ2v) is 4.92. The fourth-order valence-corrected chi connectivity index (χ4v) is 2.50. The van der Waals surface area contributed by atoms with Gasteiger partial charge in [0.25, 0.3) is 5.69 Å². The molecule has 2 aromatic carbocycles. The molecule has 0 aliphatic heterocycles. The van der Waals surface area contributed by atoms with E-state index in [0.717, 1.165) is 22.2 Å². The monoisotopic (exact) mass is 281 g/mol. The average molecular weight is 281 g/mol. The number of anilines is 1. The van der Waals surface area contributed by atoms with Crippen molar-refractivity contribution in [1.82, 2.24) is 4.98 Å². The van der Waals surface area contributed by atoms with Gasteiger partial charge in [-0.25, -0.2) is 0 Å². The summed E-state index contributed by atoms with van der Waals surface area (Å²) >= 11 is 0. The van der Waals surface area contributed by atoms with Crippen molar-refractivity contribution in [3.63, 3.8) is 0 Å². The molecule has 0 aliphatic carbocycles. The Hall–Kier alpha value is -2.82. The third kappa shape index (κ3) is 2.45. The van der Waals surface area contributed by atoms with E-state index < -0.39 is 0 Å². The van der Waals surface area contributed by atoms with E-state index >= 15 is 0 Å². The van der Waals surface area contributed by atoms with Crippen LogP contribution < -0.4 is 5.32 Å². The topological polar surface area (TPSA) is 71.0 Å². The lowest BCUT2D eigenvalue weighted by atomic mass is 10.1. The maximum atomic E-state index is 11.0. The Morgan fingerprint density at radius 1 is 1.19 bits per heavy atom. The van der Waals surface area contributed by atoms with Crippen molar-refractivity contribution < 1.29 is 4.92 Å². The Labute approximate surface area is 121 Å². The van der Waals surface area contributed by atoms with Gasteiger partial charge in [-0.05, 0) is 30.0 Å². The molecule has 0 atom stereocenters. The maximum absolute atomic E-state index is 11.0. The van der Waals surface area contributed by atoms with Gasteiger partial charge in [-0.15, -0.1) is 0 Å². The number of para-hydroxylation sites is 1. The highest BCUT2D eigenvalue weighted by Gasteiger charge is 2.13. The molecule has 5 nitrogen and oxygen atoms in total. The van der Waals surface area contributed by atoms with E-state index in [4.69, 9.17) is 0 Å². The summed E-state index contributed by atoms with van der Waals surface area (Å²) in [6.45, 7) is 2.37. The number of aromatic amines is 1. The molecule has 0 bridgehead atoms. The second kappa shape index (κ2) is 5.28.